The molecule has 1 atom stereocenters. The second-order valence-electron chi connectivity index (χ2n) is 7.95. The van der Waals surface area contributed by atoms with Crippen molar-refractivity contribution < 1.29 is 14.3 Å². The third-order valence-electron chi connectivity index (χ3n) is 5.25. The Bertz CT molecular complexity index is 1080. The zero-order chi connectivity index (χ0) is 25.1. The molecular formula is C26H35N5O3. The van der Waals surface area contributed by atoms with E-state index < -0.39 is 0 Å². The van der Waals surface area contributed by atoms with E-state index in [-0.39, 0.29) is 12.1 Å². The molecule has 8 heteroatoms. The molecule has 1 saturated heterocycles. The van der Waals surface area contributed by atoms with Crippen LogP contribution in [0.2, 0.25) is 0 Å². The molecule has 1 aliphatic rings. The minimum atomic E-state index is -0.0542. The number of benzene rings is 1. The first-order valence-electron chi connectivity index (χ1n) is 11.3. The highest BCUT2D eigenvalue weighted by Gasteiger charge is 2.25. The number of carbonyl (C=O) groups is 2. The molecule has 0 bridgehead atoms. The summed E-state index contributed by atoms with van der Waals surface area (Å²) < 4.78 is 5.20. The van der Waals surface area contributed by atoms with Crippen LogP contribution in [-0.4, -0.2) is 71.9 Å². The van der Waals surface area contributed by atoms with Gasteiger partial charge in [-0.05, 0) is 25.2 Å². The number of amides is 1. The molecular weight excluding hydrogens is 430 g/mol. The number of likely N-dealkylation sites (N-methyl/N-ethyl adjacent to an activating group) is 1. The fraction of sp³-hybridized carbons (Fsp3) is 0.346. The van der Waals surface area contributed by atoms with Gasteiger partial charge in [-0.2, -0.15) is 0 Å². The van der Waals surface area contributed by atoms with Crippen LogP contribution in [0.15, 0.2) is 55.4 Å². The van der Waals surface area contributed by atoms with E-state index >= 15 is 0 Å². The smallest absolute Gasteiger partial charge is 0.253 e. The molecule has 1 aromatic carbocycles. The van der Waals surface area contributed by atoms with Crippen molar-refractivity contribution in [3.8, 4) is 5.75 Å². The lowest BCUT2D eigenvalue weighted by molar-refractivity contribution is -0.103. The van der Waals surface area contributed by atoms with Crippen LogP contribution in [0.4, 0.5) is 0 Å². The summed E-state index contributed by atoms with van der Waals surface area (Å²) in [6, 6.07) is 11.1. The molecule has 0 saturated carbocycles. The number of ether oxygens (including phenoxy) is 1. The number of allylic oxidation sites excluding steroid dienone is 1. The minimum absolute atomic E-state index is 0.0542. The second-order valence-corrected chi connectivity index (χ2v) is 7.95. The predicted molar refractivity (Wildman–Crippen MR) is 137 cm³/mol. The molecule has 8 nitrogen and oxygen atoms in total. The molecule has 3 N–H and O–H groups in total. The number of nitrogens with zero attached hydrogens (tertiary/aromatic N) is 3. The van der Waals surface area contributed by atoms with Gasteiger partial charge in [0.1, 0.15) is 17.7 Å². The molecule has 3 aromatic rings. The SMILES string of the molecule is C=C(C=O)c1c[nH]c2nccc(OC)c12.CCC.CN1CCN(C(=O)c2ccccc2)CC1N. The van der Waals surface area contributed by atoms with E-state index in [9.17, 15) is 9.59 Å². The van der Waals surface area contributed by atoms with Gasteiger partial charge in [0.25, 0.3) is 5.91 Å². The van der Waals surface area contributed by atoms with Gasteiger partial charge >= 0.3 is 0 Å². The normalized spacial score (nSPS) is 15.4. The summed E-state index contributed by atoms with van der Waals surface area (Å²) in [6.45, 7) is 10.1. The van der Waals surface area contributed by atoms with Crippen molar-refractivity contribution in [2.75, 3.05) is 33.8 Å². The number of rotatable bonds is 4. The number of pyridine rings is 1. The van der Waals surface area contributed by atoms with Crippen LogP contribution in [0.25, 0.3) is 16.6 Å². The average Bonchev–Trinajstić information content (AvgIpc) is 3.31. The van der Waals surface area contributed by atoms with Gasteiger partial charge in [-0.15, -0.1) is 0 Å². The van der Waals surface area contributed by atoms with Crippen LogP contribution in [-0.2, 0) is 4.79 Å². The number of fused-ring (bicyclic) bond motifs is 1. The molecule has 1 amide bonds. The van der Waals surface area contributed by atoms with Crippen molar-refractivity contribution in [2.45, 2.75) is 26.4 Å². The Kier molecular flexibility index (Phi) is 10.4. The van der Waals surface area contributed by atoms with Crippen LogP contribution in [0.5, 0.6) is 5.75 Å². The van der Waals surface area contributed by atoms with E-state index in [1.807, 2.05) is 42.3 Å². The quantitative estimate of drug-likeness (QED) is 0.451. The summed E-state index contributed by atoms with van der Waals surface area (Å²) in [5.74, 6) is 0.753. The van der Waals surface area contributed by atoms with Gasteiger partial charge in [-0.25, -0.2) is 4.98 Å². The third kappa shape index (κ3) is 6.76. The van der Waals surface area contributed by atoms with Crippen molar-refractivity contribution in [3.05, 3.63) is 66.5 Å². The van der Waals surface area contributed by atoms with Gasteiger partial charge in [-0.3, -0.25) is 14.5 Å². The van der Waals surface area contributed by atoms with Crippen LogP contribution >= 0.6 is 0 Å². The Morgan fingerprint density at radius 2 is 1.94 bits per heavy atom. The number of methoxy groups -OCH3 is 1. The Morgan fingerprint density at radius 3 is 2.53 bits per heavy atom. The Morgan fingerprint density at radius 1 is 1.26 bits per heavy atom. The van der Waals surface area contributed by atoms with E-state index in [0.29, 0.717) is 23.5 Å². The van der Waals surface area contributed by atoms with Crippen molar-refractivity contribution in [1.29, 1.82) is 0 Å². The zero-order valence-corrected chi connectivity index (χ0v) is 20.5. The third-order valence-corrected chi connectivity index (χ3v) is 5.25. The van der Waals surface area contributed by atoms with Gasteiger partial charge in [0, 0.05) is 48.7 Å². The van der Waals surface area contributed by atoms with Gasteiger partial charge in [0.2, 0.25) is 0 Å². The van der Waals surface area contributed by atoms with Gasteiger partial charge in [0.05, 0.1) is 18.7 Å². The molecule has 1 fully saturated rings. The number of piperazine rings is 1. The lowest BCUT2D eigenvalue weighted by Gasteiger charge is -2.37. The number of hydrogen-bond acceptors (Lipinski definition) is 6. The van der Waals surface area contributed by atoms with Gasteiger partial charge in [-0.1, -0.05) is 45.0 Å². The first-order chi connectivity index (χ1) is 16.4. The zero-order valence-electron chi connectivity index (χ0n) is 20.5. The average molecular weight is 466 g/mol. The first-order valence-corrected chi connectivity index (χ1v) is 11.3. The molecule has 0 aliphatic carbocycles. The van der Waals surface area contributed by atoms with Crippen LogP contribution in [0.3, 0.4) is 0 Å². The number of H-pyrrole nitrogens is 1. The molecule has 3 heterocycles. The van der Waals surface area contributed by atoms with Crippen molar-refractivity contribution in [1.82, 2.24) is 19.8 Å². The Hall–Kier alpha value is -3.49. The molecule has 0 radical (unpaired) electrons. The lowest BCUT2D eigenvalue weighted by Crippen LogP contribution is -2.56. The van der Waals surface area contributed by atoms with Crippen LogP contribution < -0.4 is 10.5 Å². The summed E-state index contributed by atoms with van der Waals surface area (Å²) in [6.07, 6.45) is 5.26. The van der Waals surface area contributed by atoms with Crippen molar-refractivity contribution in [2.24, 2.45) is 5.73 Å². The highest BCUT2D eigenvalue weighted by Crippen LogP contribution is 2.29. The van der Waals surface area contributed by atoms with E-state index in [0.717, 1.165) is 35.9 Å². The summed E-state index contributed by atoms with van der Waals surface area (Å²) in [5.41, 5.74) is 8.48. The molecule has 0 spiro atoms. The number of hydrogen-bond donors (Lipinski definition) is 2. The number of aldehydes is 1. The fourth-order valence-corrected chi connectivity index (χ4v) is 3.36. The lowest BCUT2D eigenvalue weighted by atomic mass is 10.1. The summed E-state index contributed by atoms with van der Waals surface area (Å²) in [7, 11) is 3.56. The number of aromatic nitrogens is 2. The molecule has 4 rings (SSSR count). The van der Waals surface area contributed by atoms with Crippen molar-refractivity contribution >= 4 is 28.8 Å². The monoisotopic (exact) mass is 465 g/mol. The summed E-state index contributed by atoms with van der Waals surface area (Å²) in [4.78, 5) is 33.8. The largest absolute Gasteiger partial charge is 0.496 e. The first kappa shape index (κ1) is 26.8. The minimum Gasteiger partial charge on any atom is -0.496 e. The Balaban J connectivity index is 0.000000216. The maximum atomic E-state index is 12.1. The van der Waals surface area contributed by atoms with Gasteiger partial charge < -0.3 is 20.4 Å². The second kappa shape index (κ2) is 13.3. The molecule has 182 valence electrons. The van der Waals surface area contributed by atoms with E-state index in [1.54, 1.807) is 25.6 Å². The van der Waals surface area contributed by atoms with Gasteiger partial charge in [0.15, 0.2) is 0 Å². The molecule has 1 aliphatic heterocycles. The van der Waals surface area contributed by atoms with Crippen LogP contribution in [0, 0.1) is 0 Å². The fourth-order valence-electron chi connectivity index (χ4n) is 3.36. The van der Waals surface area contributed by atoms with E-state index in [2.05, 4.69) is 35.3 Å². The Labute approximate surface area is 201 Å². The number of nitrogens with one attached hydrogen (secondary N) is 1. The number of carbonyl (C=O) groups excluding carboxylic acids is 2. The van der Waals surface area contributed by atoms with Crippen LogP contribution in [0.1, 0.15) is 36.2 Å². The number of nitrogens with two attached hydrogens (primary N) is 1. The van der Waals surface area contributed by atoms with E-state index in [1.165, 1.54) is 6.42 Å². The predicted octanol–water partition coefficient (Wildman–Crippen LogP) is 3.56. The maximum Gasteiger partial charge on any atom is 0.253 e. The molecule has 1 unspecified atom stereocenters. The van der Waals surface area contributed by atoms with E-state index in [4.69, 9.17) is 10.5 Å². The topological polar surface area (TPSA) is 105 Å². The highest BCUT2D eigenvalue weighted by atomic mass is 16.5. The van der Waals surface area contributed by atoms with Crippen molar-refractivity contribution in [3.63, 3.8) is 0 Å². The summed E-state index contributed by atoms with van der Waals surface area (Å²) >= 11 is 0. The highest BCUT2D eigenvalue weighted by molar-refractivity contribution is 6.12. The number of aromatic amines is 1. The molecule has 34 heavy (non-hydrogen) atoms. The summed E-state index contributed by atoms with van der Waals surface area (Å²) in [5, 5.41) is 0.789. The molecule has 2 aromatic heterocycles. The standard InChI is InChI=1S/C12H17N3O.C11H10N2O2.C3H8/c1-14-7-8-15(9-11(14)13)12(16)10-5-3-2-4-6-10;1-7(6-14)8-5-13-11-10(8)9(15-2)3-4-12-11;1-3-2/h2-6,11H,7-9,13H2,1H3;3-6H,1H2,2H3,(H,12,13);3H2,1-2H3. The maximum absolute atomic E-state index is 12.1.